The molecule has 0 aliphatic rings. The minimum atomic E-state index is -0.351. The van der Waals surface area contributed by atoms with Gasteiger partial charge in [-0.2, -0.15) is 0 Å². The molecule has 2 aromatic rings. The van der Waals surface area contributed by atoms with Gasteiger partial charge in [0.05, 0.1) is 0 Å². The van der Waals surface area contributed by atoms with Crippen LogP contribution in [0.4, 0.5) is 4.39 Å². The lowest BCUT2D eigenvalue weighted by Crippen LogP contribution is -2.22. The number of hydrogen-bond donors (Lipinski definition) is 1. The van der Waals surface area contributed by atoms with Crippen LogP contribution in [0.15, 0.2) is 42.5 Å². The maximum atomic E-state index is 13.7. The summed E-state index contributed by atoms with van der Waals surface area (Å²) in [7, 11) is 0. The van der Waals surface area contributed by atoms with E-state index >= 15 is 0 Å². The van der Waals surface area contributed by atoms with E-state index in [1.165, 1.54) is 6.07 Å². The van der Waals surface area contributed by atoms with E-state index in [2.05, 4.69) is 25.2 Å². The zero-order valence-corrected chi connectivity index (χ0v) is 12.1. The summed E-state index contributed by atoms with van der Waals surface area (Å²) in [5.74, 6) is 0.590. The molecule has 0 radical (unpaired) electrons. The van der Waals surface area contributed by atoms with Gasteiger partial charge in [0.25, 0.3) is 0 Å². The zero-order chi connectivity index (χ0) is 14.5. The molecular weight excluding hydrogens is 253 g/mol. The van der Waals surface area contributed by atoms with Gasteiger partial charge in [0.15, 0.2) is 11.6 Å². The molecule has 0 aliphatic heterocycles. The van der Waals surface area contributed by atoms with Crippen molar-refractivity contribution in [3.05, 3.63) is 59.4 Å². The van der Waals surface area contributed by atoms with Crippen molar-refractivity contribution in [1.82, 2.24) is 5.32 Å². The fourth-order valence-electron chi connectivity index (χ4n) is 1.91. The summed E-state index contributed by atoms with van der Waals surface area (Å²) in [6.07, 6.45) is 0. The third-order valence-corrected chi connectivity index (χ3v) is 2.97. The monoisotopic (exact) mass is 273 g/mol. The van der Waals surface area contributed by atoms with E-state index in [0.717, 1.165) is 11.1 Å². The SMILES string of the molecule is Cc1ccc(Oc2ccccc2F)c(CNC(C)C)c1. The van der Waals surface area contributed by atoms with Crippen molar-refractivity contribution in [2.24, 2.45) is 0 Å². The van der Waals surface area contributed by atoms with Crippen molar-refractivity contribution in [2.45, 2.75) is 33.4 Å². The summed E-state index contributed by atoms with van der Waals surface area (Å²) in [5, 5.41) is 3.36. The van der Waals surface area contributed by atoms with Crippen LogP contribution < -0.4 is 10.1 Å². The van der Waals surface area contributed by atoms with Gasteiger partial charge >= 0.3 is 0 Å². The fraction of sp³-hybridized carbons (Fsp3) is 0.294. The molecule has 20 heavy (non-hydrogen) atoms. The smallest absolute Gasteiger partial charge is 0.165 e. The average molecular weight is 273 g/mol. The van der Waals surface area contributed by atoms with Gasteiger partial charge in [-0.05, 0) is 25.1 Å². The molecule has 0 saturated heterocycles. The minimum Gasteiger partial charge on any atom is -0.454 e. The Labute approximate surface area is 119 Å². The molecule has 0 spiro atoms. The van der Waals surface area contributed by atoms with Crippen LogP contribution in [0.1, 0.15) is 25.0 Å². The van der Waals surface area contributed by atoms with Gasteiger partial charge in [0.2, 0.25) is 0 Å². The quantitative estimate of drug-likeness (QED) is 0.870. The first-order valence-corrected chi connectivity index (χ1v) is 6.81. The summed E-state index contributed by atoms with van der Waals surface area (Å²) in [6, 6.07) is 12.7. The summed E-state index contributed by atoms with van der Waals surface area (Å²) in [4.78, 5) is 0. The molecule has 0 aliphatic carbocycles. The number of halogens is 1. The van der Waals surface area contributed by atoms with Gasteiger partial charge in [-0.1, -0.05) is 43.7 Å². The zero-order valence-electron chi connectivity index (χ0n) is 12.1. The van der Waals surface area contributed by atoms with Crippen LogP contribution in [0.2, 0.25) is 0 Å². The van der Waals surface area contributed by atoms with Crippen LogP contribution in [0.5, 0.6) is 11.5 Å². The normalized spacial score (nSPS) is 10.8. The van der Waals surface area contributed by atoms with Gasteiger partial charge in [0.1, 0.15) is 5.75 Å². The molecule has 0 aromatic heterocycles. The third-order valence-electron chi connectivity index (χ3n) is 2.97. The maximum Gasteiger partial charge on any atom is 0.165 e. The van der Waals surface area contributed by atoms with Gasteiger partial charge in [0, 0.05) is 18.2 Å². The molecule has 106 valence electrons. The number of benzene rings is 2. The van der Waals surface area contributed by atoms with Crippen molar-refractivity contribution in [3.8, 4) is 11.5 Å². The summed E-state index contributed by atoms with van der Waals surface area (Å²) in [6.45, 7) is 6.91. The first-order chi connectivity index (χ1) is 9.56. The van der Waals surface area contributed by atoms with Crippen LogP contribution in [0.25, 0.3) is 0 Å². The van der Waals surface area contributed by atoms with E-state index in [4.69, 9.17) is 4.74 Å². The number of rotatable bonds is 5. The Hall–Kier alpha value is -1.87. The Morgan fingerprint density at radius 3 is 2.55 bits per heavy atom. The van der Waals surface area contributed by atoms with Crippen molar-refractivity contribution < 1.29 is 9.13 Å². The number of nitrogens with one attached hydrogen (secondary N) is 1. The Morgan fingerprint density at radius 1 is 1.10 bits per heavy atom. The topological polar surface area (TPSA) is 21.3 Å². The minimum absolute atomic E-state index is 0.252. The summed E-state index contributed by atoms with van der Waals surface area (Å²) < 4.78 is 19.4. The standard InChI is InChI=1S/C17H20FNO/c1-12(2)19-11-14-10-13(3)8-9-16(14)20-17-7-5-4-6-15(17)18/h4-10,12,19H,11H2,1-3H3. The van der Waals surface area contributed by atoms with Crippen molar-refractivity contribution >= 4 is 0 Å². The summed E-state index contributed by atoms with van der Waals surface area (Å²) >= 11 is 0. The second-order valence-corrected chi connectivity index (χ2v) is 5.18. The van der Waals surface area contributed by atoms with Gasteiger partial charge in [-0.3, -0.25) is 0 Å². The first-order valence-electron chi connectivity index (χ1n) is 6.81. The second kappa shape index (κ2) is 6.53. The Balaban J connectivity index is 2.24. The maximum absolute atomic E-state index is 13.7. The molecule has 0 saturated carbocycles. The highest BCUT2D eigenvalue weighted by atomic mass is 19.1. The number of ether oxygens (including phenoxy) is 1. The number of aryl methyl sites for hydroxylation is 1. The molecule has 0 unspecified atom stereocenters. The highest BCUT2D eigenvalue weighted by Crippen LogP contribution is 2.28. The molecule has 2 aromatic carbocycles. The van der Waals surface area contributed by atoms with E-state index in [1.807, 2.05) is 19.1 Å². The Bertz CT molecular complexity index is 581. The Morgan fingerprint density at radius 2 is 1.85 bits per heavy atom. The van der Waals surface area contributed by atoms with Gasteiger partial charge < -0.3 is 10.1 Å². The molecule has 2 rings (SSSR count). The van der Waals surface area contributed by atoms with Crippen LogP contribution in [0, 0.1) is 12.7 Å². The fourth-order valence-corrected chi connectivity index (χ4v) is 1.91. The van der Waals surface area contributed by atoms with E-state index in [-0.39, 0.29) is 11.6 Å². The van der Waals surface area contributed by atoms with Gasteiger partial charge in [-0.25, -0.2) is 4.39 Å². The Kier molecular flexibility index (Phi) is 4.74. The predicted octanol–water partition coefficient (Wildman–Crippen LogP) is 4.42. The van der Waals surface area contributed by atoms with E-state index in [0.29, 0.717) is 18.3 Å². The van der Waals surface area contributed by atoms with Crippen molar-refractivity contribution in [1.29, 1.82) is 0 Å². The lowest BCUT2D eigenvalue weighted by atomic mass is 10.1. The lowest BCUT2D eigenvalue weighted by Gasteiger charge is -2.14. The van der Waals surface area contributed by atoms with E-state index in [9.17, 15) is 4.39 Å². The van der Waals surface area contributed by atoms with Crippen LogP contribution in [-0.4, -0.2) is 6.04 Å². The first kappa shape index (κ1) is 14.5. The van der Waals surface area contributed by atoms with E-state index < -0.39 is 0 Å². The number of para-hydroxylation sites is 1. The average Bonchev–Trinajstić information content (AvgIpc) is 2.41. The molecule has 0 atom stereocenters. The van der Waals surface area contributed by atoms with Gasteiger partial charge in [-0.15, -0.1) is 0 Å². The molecule has 0 fully saturated rings. The number of hydrogen-bond acceptors (Lipinski definition) is 2. The molecular formula is C17H20FNO. The van der Waals surface area contributed by atoms with Crippen molar-refractivity contribution in [3.63, 3.8) is 0 Å². The highest BCUT2D eigenvalue weighted by molar-refractivity contribution is 5.40. The largest absolute Gasteiger partial charge is 0.454 e. The van der Waals surface area contributed by atoms with Crippen molar-refractivity contribution in [2.75, 3.05) is 0 Å². The molecule has 2 nitrogen and oxygen atoms in total. The van der Waals surface area contributed by atoms with Crippen LogP contribution in [0.3, 0.4) is 0 Å². The molecule has 0 bridgehead atoms. The molecule has 0 heterocycles. The van der Waals surface area contributed by atoms with E-state index in [1.54, 1.807) is 18.2 Å². The predicted molar refractivity (Wildman–Crippen MR) is 79.6 cm³/mol. The molecule has 3 heteroatoms. The van der Waals surface area contributed by atoms with Crippen LogP contribution in [-0.2, 0) is 6.54 Å². The highest BCUT2D eigenvalue weighted by Gasteiger charge is 2.09. The second-order valence-electron chi connectivity index (χ2n) is 5.18. The molecule has 0 amide bonds. The summed E-state index contributed by atoms with van der Waals surface area (Å²) in [5.41, 5.74) is 2.19. The molecule has 1 N–H and O–H groups in total. The van der Waals surface area contributed by atoms with Crippen LogP contribution >= 0.6 is 0 Å². The lowest BCUT2D eigenvalue weighted by molar-refractivity contribution is 0.434. The third kappa shape index (κ3) is 3.81.